The molecule has 0 radical (unpaired) electrons. The summed E-state index contributed by atoms with van der Waals surface area (Å²) in [6, 6.07) is 38.2. The fourth-order valence-electron chi connectivity index (χ4n) is 8.15. The van der Waals surface area contributed by atoms with Crippen LogP contribution >= 0.6 is 0 Å². The summed E-state index contributed by atoms with van der Waals surface area (Å²) in [4.78, 5) is 0. The summed E-state index contributed by atoms with van der Waals surface area (Å²) in [6.45, 7) is 43.5. The van der Waals surface area contributed by atoms with E-state index in [9.17, 15) is 0 Å². The summed E-state index contributed by atoms with van der Waals surface area (Å²) in [5.41, 5.74) is 13.4. The van der Waals surface area contributed by atoms with Crippen LogP contribution in [0.15, 0.2) is 203 Å². The van der Waals surface area contributed by atoms with Gasteiger partial charge < -0.3 is 11.7 Å². The summed E-state index contributed by atoms with van der Waals surface area (Å²) in [5, 5.41) is 24.1. The van der Waals surface area contributed by atoms with Crippen molar-refractivity contribution < 1.29 is 20.1 Å². The molecule has 5 aromatic carbocycles. The maximum Gasteiger partial charge on any atom is 3.00 e. The minimum absolute atomic E-state index is 0. The van der Waals surface area contributed by atoms with Gasteiger partial charge in [0, 0.05) is 21.9 Å². The van der Waals surface area contributed by atoms with Crippen LogP contribution < -0.4 is 11.7 Å². The smallest absolute Gasteiger partial charge is 0.335 e. The Morgan fingerprint density at radius 1 is 0.614 bits per heavy atom. The quantitative estimate of drug-likeness (QED) is 0.0355. The maximum absolute atomic E-state index is 5.23. The fourth-order valence-corrected chi connectivity index (χ4v) is 8.15. The third kappa shape index (κ3) is 13.1. The van der Waals surface area contributed by atoms with E-state index in [0.717, 1.165) is 61.2 Å². The van der Waals surface area contributed by atoms with Crippen LogP contribution in [0.2, 0.25) is 0 Å². The van der Waals surface area contributed by atoms with Crippen LogP contribution in [0.1, 0.15) is 80.4 Å². The fraction of sp³-hybridized carbons (Fsp3) is 0.194. The largest absolute Gasteiger partial charge is 3.00 e. The van der Waals surface area contributed by atoms with Crippen molar-refractivity contribution in [2.45, 2.75) is 80.1 Å². The number of fused-ring (bicyclic) bond motifs is 5. The zero-order valence-corrected chi connectivity index (χ0v) is 45.1. The molecule has 2 heterocycles. The van der Waals surface area contributed by atoms with E-state index in [1.54, 1.807) is 12.2 Å². The van der Waals surface area contributed by atoms with Gasteiger partial charge in [-0.1, -0.05) is 156 Å². The van der Waals surface area contributed by atoms with E-state index in [2.05, 4.69) is 181 Å². The molecule has 8 heteroatoms. The van der Waals surface area contributed by atoms with Gasteiger partial charge >= 0.3 is 20.1 Å². The van der Waals surface area contributed by atoms with Gasteiger partial charge in [-0.15, -0.1) is 41.0 Å². The Hall–Kier alpha value is -7.25. The Morgan fingerprint density at radius 2 is 1.06 bits per heavy atom. The number of aromatic nitrogens is 3. The number of hydrazone groups is 2. The van der Waals surface area contributed by atoms with E-state index in [1.165, 1.54) is 32.7 Å². The topological polar surface area (TPSA) is 107 Å². The van der Waals surface area contributed by atoms with Crippen LogP contribution in [0.5, 0.6) is 0 Å². The zero-order chi connectivity index (χ0) is 50.8. The van der Waals surface area contributed by atoms with Crippen LogP contribution in [0.3, 0.4) is 0 Å². The monoisotopic (exact) mass is 1100 g/mol. The van der Waals surface area contributed by atoms with Crippen LogP contribution in [0.4, 0.5) is 0 Å². The molecule has 0 unspecified atom stereocenters. The van der Waals surface area contributed by atoms with Crippen molar-refractivity contribution in [2.24, 2.45) is 21.9 Å². The summed E-state index contributed by atoms with van der Waals surface area (Å²) in [6.07, 6.45) is 11.2. The molecular formula is C62H68IrN7. The molecule has 70 heavy (non-hydrogen) atoms. The number of hydrogen-bond acceptors (Lipinski definition) is 6. The summed E-state index contributed by atoms with van der Waals surface area (Å²) in [5.74, 6) is 11.3. The molecule has 0 amide bonds. The predicted molar refractivity (Wildman–Crippen MR) is 301 cm³/mol. The average molecular weight is 1100 g/mol. The zero-order valence-electron chi connectivity index (χ0n) is 42.7. The number of benzene rings is 5. The van der Waals surface area contributed by atoms with Gasteiger partial charge in [-0.2, -0.15) is 43.3 Å². The first-order valence-electron chi connectivity index (χ1n) is 22.9. The molecule has 4 N–H and O–H groups in total. The van der Waals surface area contributed by atoms with Crippen molar-refractivity contribution in [1.29, 1.82) is 0 Å². The van der Waals surface area contributed by atoms with Crippen molar-refractivity contribution in [2.75, 3.05) is 0 Å². The third-order valence-corrected chi connectivity index (χ3v) is 11.6. The Kier molecular flexibility index (Phi) is 18.9. The number of hydrogen-bond donors (Lipinski definition) is 2. The summed E-state index contributed by atoms with van der Waals surface area (Å²) in [7, 11) is 0. The Balaban J connectivity index is 0.000000304. The molecule has 0 atom stereocenters. The molecule has 0 saturated heterocycles. The van der Waals surface area contributed by atoms with Crippen molar-refractivity contribution >= 4 is 54.8 Å². The number of nitrogens with zero attached hydrogens (tertiary/aromatic N) is 5. The van der Waals surface area contributed by atoms with Crippen LogP contribution in [0.25, 0.3) is 60.4 Å². The second-order valence-corrected chi connectivity index (χ2v) is 19.3. The molecule has 2 aromatic heterocycles. The van der Waals surface area contributed by atoms with Crippen LogP contribution in [0, 0.1) is 19.9 Å². The van der Waals surface area contributed by atoms with E-state index < -0.39 is 0 Å². The van der Waals surface area contributed by atoms with Crippen LogP contribution in [-0.4, -0.2) is 26.2 Å². The van der Waals surface area contributed by atoms with Gasteiger partial charge in [0.15, 0.2) is 5.82 Å². The molecule has 0 aliphatic carbocycles. The first-order chi connectivity index (χ1) is 32.6. The molecule has 7 nitrogen and oxygen atoms in total. The van der Waals surface area contributed by atoms with Crippen molar-refractivity contribution in [3.8, 4) is 17.1 Å². The Bertz CT molecular complexity index is 3130. The molecule has 0 bridgehead atoms. The summed E-state index contributed by atoms with van der Waals surface area (Å²) < 4.78 is 2.31. The first-order valence-corrected chi connectivity index (χ1v) is 22.9. The van der Waals surface area contributed by atoms with Crippen molar-refractivity contribution in [3.63, 3.8) is 0 Å². The second kappa shape index (κ2) is 23.8. The molecule has 7 rings (SSSR count). The third-order valence-electron chi connectivity index (χ3n) is 11.6. The van der Waals surface area contributed by atoms with E-state index in [4.69, 9.17) is 21.9 Å². The molecule has 0 saturated carbocycles. The first kappa shape index (κ1) is 55.3. The van der Waals surface area contributed by atoms with E-state index in [1.807, 2.05) is 70.2 Å². The predicted octanol–water partition coefficient (Wildman–Crippen LogP) is 15.5. The van der Waals surface area contributed by atoms with E-state index >= 15 is 0 Å². The number of nitrogens with two attached hydrogens (primary N) is 2. The van der Waals surface area contributed by atoms with Crippen molar-refractivity contribution in [3.05, 3.63) is 224 Å². The van der Waals surface area contributed by atoms with Crippen LogP contribution in [-0.2, 0) is 30.9 Å². The van der Waals surface area contributed by atoms with Crippen molar-refractivity contribution in [1.82, 2.24) is 14.8 Å². The maximum atomic E-state index is 5.23. The van der Waals surface area contributed by atoms with Gasteiger partial charge in [0.05, 0.1) is 11.0 Å². The van der Waals surface area contributed by atoms with Gasteiger partial charge in [-0.25, -0.2) is 10.2 Å². The van der Waals surface area contributed by atoms with E-state index in [-0.39, 0.29) is 30.9 Å². The molecule has 0 aliphatic heterocycles. The van der Waals surface area contributed by atoms with E-state index in [0.29, 0.717) is 22.6 Å². The van der Waals surface area contributed by atoms with Gasteiger partial charge in [-0.05, 0) is 108 Å². The minimum atomic E-state index is 0. The summed E-state index contributed by atoms with van der Waals surface area (Å²) >= 11 is 0. The van der Waals surface area contributed by atoms with Gasteiger partial charge in [0.1, 0.15) is 0 Å². The molecule has 0 spiro atoms. The minimum Gasteiger partial charge on any atom is -0.335 e. The molecule has 360 valence electrons. The molecule has 0 fully saturated rings. The van der Waals surface area contributed by atoms with Gasteiger partial charge in [0.25, 0.3) is 0 Å². The Labute approximate surface area is 430 Å². The molecule has 0 aliphatic rings. The van der Waals surface area contributed by atoms with Gasteiger partial charge in [-0.3, -0.25) is 4.57 Å². The Morgan fingerprint density at radius 3 is 1.44 bits per heavy atom. The average Bonchev–Trinajstić information content (AvgIpc) is 3.61. The normalized spacial score (nSPS) is 13.0. The molecular weight excluding hydrogens is 1030 g/mol. The molecule has 7 aromatic rings. The standard InChI is InChI=1S/C38H34N3.2C12H17N2.Ir/c1-37(2,3)27-16-18-33-29(22-27)30-23-28(38(4,5)6)17-19-34(30)41(33)36-32-21-26-15-11-10-14-25(26)20-31(32)35(39-40-36)24-12-8-7-9-13-24;2*1-6-7-10(4)8-11(5)12(14-13)9(2)3;/h7-12,14-23H,1-6H3;2*6-8H,1-3,13H2,4-5H3;/q3*-1;+3/b;2*10-7+,11-8+,14-12-;. The number of rotatable bonds is 10. The van der Waals surface area contributed by atoms with Gasteiger partial charge in [0.2, 0.25) is 0 Å². The SMILES string of the molecule is C=C/C=C(C)/C=C(C)/C(=N\N)C(=C)[CH2-].C=C/C=C(C)/C=C(C)/C(=N\N)C(=C)[CH2-].CC(C)(C)c1ccc2c(c1)c1cc(C(C)(C)C)ccc1n2-c1nnc(-c2[c-]cccc2)c2cc3ccccc3cc12.[Ir+3]. The number of allylic oxidation sites excluding steroid dienone is 12. The second-order valence-electron chi connectivity index (χ2n) is 19.3.